The molecular formula is C41H48BrN7O8S. The van der Waals surface area contributed by atoms with Gasteiger partial charge in [0.1, 0.15) is 5.78 Å². The lowest BCUT2D eigenvalue weighted by atomic mass is 9.88. The number of rotatable bonds is 22. The molecule has 0 aliphatic rings. The van der Waals surface area contributed by atoms with Crippen LogP contribution < -0.4 is 22.1 Å². The molecule has 0 saturated heterocycles. The number of hydrogen-bond acceptors (Lipinski definition) is 11. The van der Waals surface area contributed by atoms with Gasteiger partial charge in [0.2, 0.25) is 17.6 Å². The Morgan fingerprint density at radius 3 is 2.16 bits per heavy atom. The van der Waals surface area contributed by atoms with Gasteiger partial charge in [-0.25, -0.2) is 4.98 Å². The number of guanidine groups is 1. The normalized spacial score (nSPS) is 13.3. The maximum atomic E-state index is 14.3. The van der Waals surface area contributed by atoms with Crippen molar-refractivity contribution in [1.82, 2.24) is 15.6 Å². The summed E-state index contributed by atoms with van der Waals surface area (Å²) in [5, 5.41) is 27.3. The average molecular weight is 879 g/mol. The first-order valence-corrected chi connectivity index (χ1v) is 20.4. The van der Waals surface area contributed by atoms with Gasteiger partial charge >= 0.3 is 5.69 Å². The fourth-order valence-corrected chi connectivity index (χ4v) is 7.72. The molecule has 7 N–H and O–H groups in total. The number of nitro groups is 1. The lowest BCUT2D eigenvalue weighted by molar-refractivity contribution is -0.385. The quantitative estimate of drug-likeness (QED) is 0.0163. The largest absolute Gasteiger partial charge is 0.502 e. The van der Waals surface area contributed by atoms with E-state index in [1.165, 1.54) is 24.3 Å². The molecule has 1 aromatic heterocycles. The van der Waals surface area contributed by atoms with Crippen LogP contribution in [0.1, 0.15) is 73.8 Å². The van der Waals surface area contributed by atoms with E-state index in [4.69, 9.17) is 11.5 Å². The van der Waals surface area contributed by atoms with E-state index in [0.29, 0.717) is 17.5 Å². The molecule has 4 atom stereocenters. The average Bonchev–Trinajstić information content (AvgIpc) is 3.60. The van der Waals surface area contributed by atoms with Gasteiger partial charge in [0.15, 0.2) is 22.5 Å². The molecule has 58 heavy (non-hydrogen) atoms. The van der Waals surface area contributed by atoms with Crippen molar-refractivity contribution in [3.8, 4) is 5.75 Å². The molecule has 0 bridgehead atoms. The lowest BCUT2D eigenvalue weighted by Gasteiger charge is -2.26. The first-order chi connectivity index (χ1) is 27.5. The van der Waals surface area contributed by atoms with E-state index in [2.05, 4.69) is 36.5 Å². The molecule has 0 aliphatic heterocycles. The van der Waals surface area contributed by atoms with Gasteiger partial charge in [-0.15, -0.1) is 11.3 Å². The zero-order valence-electron chi connectivity index (χ0n) is 32.5. The Balaban J connectivity index is 1.61. The van der Waals surface area contributed by atoms with Gasteiger partial charge < -0.3 is 32.0 Å². The predicted octanol–water partition coefficient (Wildman–Crippen LogP) is 5.58. The Kier molecular flexibility index (Phi) is 16.6. The highest BCUT2D eigenvalue weighted by Crippen LogP contribution is 2.29. The number of carbonyl (C=O) groups is 5. The second-order valence-corrected chi connectivity index (χ2v) is 16.6. The topological polar surface area (TPSA) is 250 Å². The Morgan fingerprint density at radius 1 is 0.914 bits per heavy atom. The van der Waals surface area contributed by atoms with Gasteiger partial charge in [0, 0.05) is 41.8 Å². The number of phenolic OH excluding ortho intramolecular Hbond substituents is 1. The van der Waals surface area contributed by atoms with Gasteiger partial charge in [-0.2, -0.15) is 0 Å². The minimum absolute atomic E-state index is 0.0694. The fraction of sp³-hybridized carbons (Fsp3) is 0.390. The van der Waals surface area contributed by atoms with E-state index in [9.17, 15) is 39.2 Å². The predicted molar refractivity (Wildman–Crippen MR) is 225 cm³/mol. The summed E-state index contributed by atoms with van der Waals surface area (Å²) in [6.07, 6.45) is 0.328. The van der Waals surface area contributed by atoms with Crippen molar-refractivity contribution < 1.29 is 34.0 Å². The summed E-state index contributed by atoms with van der Waals surface area (Å²) < 4.78 is 1.63. The molecule has 308 valence electrons. The van der Waals surface area contributed by atoms with Crippen LogP contribution in [0.5, 0.6) is 5.75 Å². The van der Waals surface area contributed by atoms with Crippen LogP contribution in [0.2, 0.25) is 0 Å². The van der Waals surface area contributed by atoms with Crippen molar-refractivity contribution in [2.45, 2.75) is 77.8 Å². The third kappa shape index (κ3) is 13.5. The van der Waals surface area contributed by atoms with E-state index in [1.807, 2.05) is 56.3 Å². The van der Waals surface area contributed by atoms with Gasteiger partial charge in [-0.3, -0.25) is 34.3 Å². The molecular weight excluding hydrogens is 830 g/mol. The minimum Gasteiger partial charge on any atom is -0.502 e. The maximum absolute atomic E-state index is 14.3. The number of carbonyl (C=O) groups excluding carboxylic acids is 5. The van der Waals surface area contributed by atoms with E-state index < -0.39 is 63.7 Å². The van der Waals surface area contributed by atoms with Gasteiger partial charge in [-0.05, 0) is 86.4 Å². The number of aromatic nitrogens is 1. The molecule has 4 rings (SSSR count). The molecule has 0 spiro atoms. The highest BCUT2D eigenvalue weighted by molar-refractivity contribution is 9.10. The van der Waals surface area contributed by atoms with E-state index in [-0.39, 0.29) is 67.7 Å². The maximum Gasteiger partial charge on any atom is 0.310 e. The molecule has 0 unspecified atom stereocenters. The molecule has 0 saturated carbocycles. The second kappa shape index (κ2) is 21.3. The molecule has 0 fully saturated rings. The highest BCUT2D eigenvalue weighted by atomic mass is 79.9. The monoisotopic (exact) mass is 877 g/mol. The van der Waals surface area contributed by atoms with Crippen molar-refractivity contribution in [2.75, 3.05) is 6.54 Å². The summed E-state index contributed by atoms with van der Waals surface area (Å²) >= 11 is 4.64. The lowest BCUT2D eigenvalue weighted by Crippen LogP contribution is -2.48. The zero-order valence-corrected chi connectivity index (χ0v) is 34.9. The Labute approximate surface area is 348 Å². The molecule has 1 heterocycles. The summed E-state index contributed by atoms with van der Waals surface area (Å²) in [4.78, 5) is 87.9. The van der Waals surface area contributed by atoms with Crippen LogP contribution in [-0.2, 0) is 32.0 Å². The number of para-hydroxylation sites is 1. The number of hydrogen-bond donors (Lipinski definition) is 5. The Morgan fingerprint density at radius 2 is 1.53 bits per heavy atom. The molecule has 17 heteroatoms. The van der Waals surface area contributed by atoms with Crippen molar-refractivity contribution in [2.24, 2.45) is 34.2 Å². The number of nitrogens with two attached hydrogens (primary N) is 2. The number of aromatic hydroxyl groups is 1. The van der Waals surface area contributed by atoms with Crippen LogP contribution >= 0.6 is 27.3 Å². The molecule has 4 aromatic rings. The van der Waals surface area contributed by atoms with E-state index in [1.54, 1.807) is 6.07 Å². The number of thiazole rings is 1. The first kappa shape index (κ1) is 45.2. The number of phenols is 1. The third-order valence-electron chi connectivity index (χ3n) is 9.33. The first-order valence-electron chi connectivity index (χ1n) is 18.8. The number of nitrogens with one attached hydrogen (secondary N) is 2. The zero-order chi connectivity index (χ0) is 42.5. The molecule has 3 aromatic carbocycles. The smallest absolute Gasteiger partial charge is 0.310 e. The van der Waals surface area contributed by atoms with Crippen LogP contribution in [0.15, 0.2) is 76.2 Å². The summed E-state index contributed by atoms with van der Waals surface area (Å²) in [6.45, 7) is 5.29. The number of aliphatic imine (C=N–C) groups is 1. The van der Waals surface area contributed by atoms with E-state index in [0.717, 1.165) is 26.9 Å². The van der Waals surface area contributed by atoms with Crippen LogP contribution in [0.25, 0.3) is 10.2 Å². The number of ketones is 3. The summed E-state index contributed by atoms with van der Waals surface area (Å²) in [7, 11) is 0. The molecule has 0 aliphatic carbocycles. The van der Waals surface area contributed by atoms with Crippen molar-refractivity contribution >= 4 is 78.3 Å². The standard InChI is InChI=1S/C41H48BrN7O8S/c1-23(2)17-32(47-38(54)27(18-24(3)50)20-26-12-15-34(51)33(21-26)49(56)57)35(52)22-28(19-25-10-13-29(42)14-11-25)39(55)46-31(8-6-16-45-41(43)44)37(53)40-48-30-7-4-5-9-36(30)58-40/h4-5,7,9-15,21,23,27-28,31-32,51H,6,8,16-20,22H2,1-3H3,(H,46,55)(H,47,54)(H4,43,44,45)/t27-,28+,31-,32-/m0/s1. The van der Waals surface area contributed by atoms with Crippen molar-refractivity contribution in [1.29, 1.82) is 0 Å². The Hall–Kier alpha value is -5.55. The molecule has 0 radical (unpaired) electrons. The number of benzene rings is 3. The van der Waals surface area contributed by atoms with E-state index >= 15 is 0 Å². The number of fused-ring (bicyclic) bond motifs is 1. The van der Waals surface area contributed by atoms with Crippen LogP contribution in [0.4, 0.5) is 5.69 Å². The number of nitro benzene ring substituents is 1. The number of Topliss-reactive ketones (excluding diaryl/α,β-unsaturated/α-hetero) is 3. The molecule has 15 nitrogen and oxygen atoms in total. The molecule has 2 amide bonds. The minimum atomic E-state index is -1.05. The number of nitrogens with zero attached hydrogens (tertiary/aromatic N) is 3. The van der Waals surface area contributed by atoms with Crippen LogP contribution in [-0.4, -0.2) is 68.8 Å². The van der Waals surface area contributed by atoms with Gasteiger partial charge in [0.25, 0.3) is 0 Å². The summed E-state index contributed by atoms with van der Waals surface area (Å²) in [5.41, 5.74) is 12.2. The van der Waals surface area contributed by atoms with Crippen molar-refractivity contribution in [3.05, 3.63) is 97.5 Å². The number of amides is 2. The van der Waals surface area contributed by atoms with Crippen molar-refractivity contribution in [3.63, 3.8) is 0 Å². The number of halogens is 1. The summed E-state index contributed by atoms with van der Waals surface area (Å²) in [6, 6.07) is 16.2. The highest BCUT2D eigenvalue weighted by Gasteiger charge is 2.33. The van der Waals surface area contributed by atoms with Gasteiger partial charge in [-0.1, -0.05) is 60.1 Å². The van der Waals surface area contributed by atoms with Crippen LogP contribution in [0.3, 0.4) is 0 Å². The second-order valence-electron chi connectivity index (χ2n) is 14.6. The third-order valence-corrected chi connectivity index (χ3v) is 10.9. The Bertz CT molecular complexity index is 2120. The fourth-order valence-electron chi connectivity index (χ4n) is 6.50. The SMILES string of the molecule is CC(=O)C[C@@H](Cc1ccc(O)c([N+](=O)[O-])c1)C(=O)N[C@@H](CC(C)C)C(=O)C[C@@H](Cc1ccc(Br)cc1)C(=O)N[C@@H](CCCN=C(N)N)C(=O)c1nc2ccccc2s1. The van der Waals surface area contributed by atoms with Gasteiger partial charge in [0.05, 0.1) is 27.2 Å². The van der Waals surface area contributed by atoms with Crippen LogP contribution in [0, 0.1) is 27.9 Å². The summed E-state index contributed by atoms with van der Waals surface area (Å²) in [5.74, 6) is -4.95.